The summed E-state index contributed by atoms with van der Waals surface area (Å²) in [6.45, 7) is 9.65. The molecule has 0 aromatic heterocycles. The predicted octanol–water partition coefficient (Wildman–Crippen LogP) is 3.97. The van der Waals surface area contributed by atoms with E-state index in [0.29, 0.717) is 24.9 Å². The quantitative estimate of drug-likeness (QED) is 0.626. The summed E-state index contributed by atoms with van der Waals surface area (Å²) in [5, 5.41) is 3.08. The van der Waals surface area contributed by atoms with Gasteiger partial charge in [0.1, 0.15) is 5.75 Å². The Hall–Kier alpha value is -2.42. The van der Waals surface area contributed by atoms with Crippen LogP contribution in [-0.4, -0.2) is 52.0 Å². The highest BCUT2D eigenvalue weighted by Crippen LogP contribution is 2.28. The Bertz CT molecular complexity index is 1060. The van der Waals surface area contributed by atoms with Gasteiger partial charge in [-0.25, -0.2) is 8.42 Å². The van der Waals surface area contributed by atoms with Crippen molar-refractivity contribution in [3.05, 3.63) is 59.2 Å². The van der Waals surface area contributed by atoms with Gasteiger partial charge in [-0.1, -0.05) is 52.0 Å². The van der Waals surface area contributed by atoms with Crippen LogP contribution in [0.2, 0.25) is 0 Å². The summed E-state index contributed by atoms with van der Waals surface area (Å²) in [5.74, 6) is 0.500. The van der Waals surface area contributed by atoms with E-state index >= 15 is 0 Å². The van der Waals surface area contributed by atoms with Crippen molar-refractivity contribution in [1.29, 1.82) is 0 Å². The third kappa shape index (κ3) is 5.75. The SMILES string of the molecule is COc1ccc(S(=O)(=O)N2CCOCC2)cc1C(=O)NC(c1ccc(C(C)C)cc1)C(C)C. The molecule has 7 nitrogen and oxygen atoms in total. The number of sulfonamides is 1. The maximum atomic E-state index is 13.3. The Morgan fingerprint density at radius 2 is 1.61 bits per heavy atom. The molecule has 1 aliphatic rings. The van der Waals surface area contributed by atoms with Crippen LogP contribution in [0.25, 0.3) is 0 Å². The number of nitrogens with zero attached hydrogens (tertiary/aromatic N) is 1. The van der Waals surface area contributed by atoms with Crippen molar-refractivity contribution >= 4 is 15.9 Å². The number of carbonyl (C=O) groups is 1. The summed E-state index contributed by atoms with van der Waals surface area (Å²) >= 11 is 0. The topological polar surface area (TPSA) is 84.9 Å². The summed E-state index contributed by atoms with van der Waals surface area (Å²) < 4.78 is 38.2. The number of methoxy groups -OCH3 is 1. The van der Waals surface area contributed by atoms with Gasteiger partial charge in [0.25, 0.3) is 5.91 Å². The number of rotatable bonds is 8. The summed E-state index contributed by atoms with van der Waals surface area (Å²) in [4.78, 5) is 13.4. The molecule has 1 amide bonds. The third-order valence-corrected chi connectivity index (χ3v) is 7.83. The second-order valence-electron chi connectivity index (χ2n) is 8.90. The zero-order valence-corrected chi connectivity index (χ0v) is 20.8. The number of benzene rings is 2. The number of morpholine rings is 1. The van der Waals surface area contributed by atoms with Crippen LogP contribution in [0.3, 0.4) is 0 Å². The largest absolute Gasteiger partial charge is 0.496 e. The minimum Gasteiger partial charge on any atom is -0.496 e. The van der Waals surface area contributed by atoms with E-state index in [1.165, 1.54) is 35.2 Å². The summed E-state index contributed by atoms with van der Waals surface area (Å²) in [6.07, 6.45) is 0. The molecule has 180 valence electrons. The summed E-state index contributed by atoms with van der Waals surface area (Å²) in [7, 11) is -2.27. The van der Waals surface area contributed by atoms with Crippen LogP contribution in [-0.2, 0) is 14.8 Å². The molecule has 1 atom stereocenters. The monoisotopic (exact) mass is 474 g/mol. The normalized spacial score (nSPS) is 16.1. The van der Waals surface area contributed by atoms with Crippen LogP contribution in [0, 0.1) is 5.92 Å². The third-order valence-electron chi connectivity index (χ3n) is 5.94. The van der Waals surface area contributed by atoms with E-state index in [2.05, 4.69) is 31.3 Å². The van der Waals surface area contributed by atoms with Crippen LogP contribution < -0.4 is 10.1 Å². The Morgan fingerprint density at radius 3 is 2.15 bits per heavy atom. The van der Waals surface area contributed by atoms with Crippen molar-refractivity contribution in [2.75, 3.05) is 33.4 Å². The van der Waals surface area contributed by atoms with Gasteiger partial charge in [-0.05, 0) is 41.2 Å². The lowest BCUT2D eigenvalue weighted by atomic mass is 9.93. The first-order chi connectivity index (χ1) is 15.6. The van der Waals surface area contributed by atoms with Gasteiger partial charge in [0.2, 0.25) is 10.0 Å². The molecule has 1 saturated heterocycles. The van der Waals surface area contributed by atoms with Crippen molar-refractivity contribution in [2.24, 2.45) is 5.92 Å². The second-order valence-corrected chi connectivity index (χ2v) is 10.8. The molecule has 0 aliphatic carbocycles. The van der Waals surface area contributed by atoms with Crippen molar-refractivity contribution in [3.8, 4) is 5.75 Å². The van der Waals surface area contributed by atoms with Crippen LogP contribution in [0.4, 0.5) is 0 Å². The molecule has 3 rings (SSSR count). The van der Waals surface area contributed by atoms with E-state index in [-0.39, 0.29) is 41.4 Å². The molecule has 1 N–H and O–H groups in total. The average Bonchev–Trinajstić information content (AvgIpc) is 2.82. The number of amides is 1. The minimum absolute atomic E-state index is 0.0673. The molecule has 1 heterocycles. The van der Waals surface area contributed by atoms with Crippen molar-refractivity contribution < 1.29 is 22.7 Å². The zero-order valence-electron chi connectivity index (χ0n) is 20.0. The first kappa shape index (κ1) is 25.2. The van der Waals surface area contributed by atoms with Crippen molar-refractivity contribution in [3.63, 3.8) is 0 Å². The highest BCUT2D eigenvalue weighted by atomic mass is 32.2. The Kier molecular flexibility index (Phi) is 8.15. The number of carbonyl (C=O) groups excluding carboxylic acids is 1. The van der Waals surface area contributed by atoms with Gasteiger partial charge in [0.05, 0.1) is 36.8 Å². The molecule has 33 heavy (non-hydrogen) atoms. The fourth-order valence-electron chi connectivity index (χ4n) is 3.90. The maximum absolute atomic E-state index is 13.3. The van der Waals surface area contributed by atoms with Gasteiger partial charge >= 0.3 is 0 Å². The van der Waals surface area contributed by atoms with Gasteiger partial charge in [-0.2, -0.15) is 4.31 Å². The lowest BCUT2D eigenvalue weighted by Gasteiger charge is -2.26. The smallest absolute Gasteiger partial charge is 0.255 e. The van der Waals surface area contributed by atoms with Crippen LogP contribution in [0.15, 0.2) is 47.4 Å². The van der Waals surface area contributed by atoms with Gasteiger partial charge in [0.15, 0.2) is 0 Å². The maximum Gasteiger partial charge on any atom is 0.255 e. The Balaban J connectivity index is 1.90. The average molecular weight is 475 g/mol. The van der Waals surface area contributed by atoms with Crippen LogP contribution in [0.5, 0.6) is 5.75 Å². The predicted molar refractivity (Wildman–Crippen MR) is 128 cm³/mol. The zero-order chi connectivity index (χ0) is 24.2. The first-order valence-electron chi connectivity index (χ1n) is 11.3. The number of hydrogen-bond donors (Lipinski definition) is 1. The van der Waals surface area contributed by atoms with Crippen molar-refractivity contribution in [1.82, 2.24) is 9.62 Å². The number of nitrogens with one attached hydrogen (secondary N) is 1. The Labute approximate surface area is 197 Å². The van der Waals surface area contributed by atoms with E-state index in [4.69, 9.17) is 9.47 Å². The number of ether oxygens (including phenoxy) is 2. The number of hydrogen-bond acceptors (Lipinski definition) is 5. The van der Waals surface area contributed by atoms with Gasteiger partial charge < -0.3 is 14.8 Å². The molecule has 0 saturated carbocycles. The standard InChI is InChI=1S/C25H34N2O5S/c1-17(2)19-6-8-20(9-7-19)24(18(3)4)26-25(28)22-16-21(10-11-23(22)31-5)33(29,30)27-12-14-32-15-13-27/h6-11,16-18,24H,12-15H2,1-5H3,(H,26,28). The molecule has 8 heteroatoms. The van der Waals surface area contributed by atoms with Crippen LogP contribution in [0.1, 0.15) is 61.1 Å². The molecule has 0 bridgehead atoms. The highest BCUT2D eigenvalue weighted by Gasteiger charge is 2.29. The summed E-state index contributed by atoms with van der Waals surface area (Å²) in [6, 6.07) is 12.4. The van der Waals surface area contributed by atoms with Gasteiger partial charge in [-0.3, -0.25) is 4.79 Å². The minimum atomic E-state index is -3.74. The Morgan fingerprint density at radius 1 is 1.00 bits per heavy atom. The summed E-state index contributed by atoms with van der Waals surface area (Å²) in [5.41, 5.74) is 2.42. The second kappa shape index (κ2) is 10.7. The highest BCUT2D eigenvalue weighted by molar-refractivity contribution is 7.89. The van der Waals surface area contributed by atoms with E-state index in [0.717, 1.165) is 5.56 Å². The van der Waals surface area contributed by atoms with Gasteiger partial charge in [-0.15, -0.1) is 0 Å². The molecular weight excluding hydrogens is 440 g/mol. The van der Waals surface area contributed by atoms with E-state index < -0.39 is 10.0 Å². The lowest BCUT2D eigenvalue weighted by Crippen LogP contribution is -2.40. The van der Waals surface area contributed by atoms with Crippen LogP contribution >= 0.6 is 0 Å². The van der Waals surface area contributed by atoms with E-state index in [9.17, 15) is 13.2 Å². The lowest BCUT2D eigenvalue weighted by molar-refractivity contribution is 0.0730. The molecule has 1 fully saturated rings. The molecule has 1 unspecified atom stereocenters. The molecule has 1 aliphatic heterocycles. The van der Waals surface area contributed by atoms with E-state index in [1.54, 1.807) is 0 Å². The molecular formula is C25H34N2O5S. The molecule has 2 aromatic carbocycles. The molecule has 0 spiro atoms. The van der Waals surface area contributed by atoms with Crippen molar-refractivity contribution in [2.45, 2.75) is 44.6 Å². The van der Waals surface area contributed by atoms with E-state index in [1.807, 2.05) is 26.0 Å². The fourth-order valence-corrected chi connectivity index (χ4v) is 5.34. The molecule has 0 radical (unpaired) electrons. The fraction of sp³-hybridized carbons (Fsp3) is 0.480. The molecule has 2 aromatic rings. The first-order valence-corrected chi connectivity index (χ1v) is 12.8. The van der Waals surface area contributed by atoms with Gasteiger partial charge in [0, 0.05) is 13.1 Å².